The Kier molecular flexibility index (Phi) is 8.22. The van der Waals surface area contributed by atoms with Gasteiger partial charge in [-0.15, -0.1) is 0 Å². The first-order chi connectivity index (χ1) is 30.3. The summed E-state index contributed by atoms with van der Waals surface area (Å²) in [5, 5.41) is 10.2. The highest BCUT2D eigenvalue weighted by atomic mass is 28.3. The van der Waals surface area contributed by atoms with Crippen molar-refractivity contribution in [2.24, 2.45) is 0 Å². The molecular formula is C58H39NOSi. The molecule has 0 bridgehead atoms. The molecule has 61 heavy (non-hydrogen) atoms. The van der Waals surface area contributed by atoms with Gasteiger partial charge >= 0.3 is 0 Å². The Morgan fingerprint density at radius 3 is 1.61 bits per heavy atom. The number of anilines is 3. The van der Waals surface area contributed by atoms with E-state index in [1.165, 1.54) is 64.9 Å². The Bertz CT molecular complexity index is 3350. The van der Waals surface area contributed by atoms with Crippen LogP contribution in [0.4, 0.5) is 17.1 Å². The van der Waals surface area contributed by atoms with E-state index in [0.29, 0.717) is 0 Å². The Morgan fingerprint density at radius 2 is 0.902 bits per heavy atom. The third-order valence-electron chi connectivity index (χ3n) is 12.8. The van der Waals surface area contributed by atoms with Gasteiger partial charge in [0, 0.05) is 33.4 Å². The fourth-order valence-corrected chi connectivity index (χ4v) is 15.2. The zero-order valence-corrected chi connectivity index (χ0v) is 34.4. The van der Waals surface area contributed by atoms with Crippen molar-refractivity contribution >= 4 is 78.6 Å². The highest BCUT2D eigenvalue weighted by Gasteiger charge is 2.50. The molecule has 286 valence electrons. The van der Waals surface area contributed by atoms with Gasteiger partial charge in [0.25, 0.3) is 0 Å². The summed E-state index contributed by atoms with van der Waals surface area (Å²) in [7, 11) is -2.89. The number of rotatable bonds is 7. The van der Waals surface area contributed by atoms with E-state index >= 15 is 0 Å². The summed E-state index contributed by atoms with van der Waals surface area (Å²) in [5.74, 6) is 0. The number of nitrogens with zero attached hydrogens (tertiary/aromatic N) is 1. The van der Waals surface area contributed by atoms with Crippen molar-refractivity contribution in [2.75, 3.05) is 4.90 Å². The predicted molar refractivity (Wildman–Crippen MR) is 259 cm³/mol. The van der Waals surface area contributed by atoms with Crippen molar-refractivity contribution in [1.29, 1.82) is 0 Å². The Labute approximate surface area is 356 Å². The minimum Gasteiger partial charge on any atom is -0.455 e. The maximum absolute atomic E-state index is 6.87. The van der Waals surface area contributed by atoms with Gasteiger partial charge in [0.2, 0.25) is 0 Å². The summed E-state index contributed by atoms with van der Waals surface area (Å²) in [6.45, 7) is 0. The number of benzene rings is 10. The van der Waals surface area contributed by atoms with Crippen LogP contribution in [0.2, 0.25) is 0 Å². The van der Waals surface area contributed by atoms with Gasteiger partial charge in [0.15, 0.2) is 8.07 Å². The van der Waals surface area contributed by atoms with E-state index in [1.54, 1.807) is 0 Å². The van der Waals surface area contributed by atoms with Crippen molar-refractivity contribution in [3.8, 4) is 33.4 Å². The van der Waals surface area contributed by atoms with Crippen LogP contribution in [0.3, 0.4) is 0 Å². The van der Waals surface area contributed by atoms with Crippen molar-refractivity contribution in [1.82, 2.24) is 0 Å². The highest BCUT2D eigenvalue weighted by molar-refractivity contribution is 7.22. The minimum absolute atomic E-state index is 0.916. The maximum atomic E-state index is 6.87. The standard InChI is InChI=1S/C58H39NOSi/c1-4-15-40(16-5-1)41-27-31-44(32-28-41)59(45-33-29-43(30-34-45)50-25-14-18-42-17-10-11-23-49(42)50)46-35-36-53-56(39-46)61(47-19-6-2-7-20-47,48-21-8-3-9-22-48)55-38-37-52-51-24-12-13-26-54(51)60-58(52)57(53)55/h1-39H. The molecule has 2 nitrogen and oxygen atoms in total. The molecule has 0 saturated heterocycles. The molecule has 0 atom stereocenters. The number of hydrogen-bond donors (Lipinski definition) is 0. The Hall–Kier alpha value is -7.72. The highest BCUT2D eigenvalue weighted by Crippen LogP contribution is 2.43. The lowest BCUT2D eigenvalue weighted by molar-refractivity contribution is 0.670. The van der Waals surface area contributed by atoms with E-state index < -0.39 is 8.07 Å². The number of hydrogen-bond acceptors (Lipinski definition) is 2. The molecule has 0 fully saturated rings. The van der Waals surface area contributed by atoms with Crippen LogP contribution in [-0.2, 0) is 0 Å². The van der Waals surface area contributed by atoms with E-state index in [9.17, 15) is 0 Å². The van der Waals surface area contributed by atoms with Gasteiger partial charge in [-0.05, 0) is 102 Å². The van der Waals surface area contributed by atoms with E-state index in [4.69, 9.17) is 4.42 Å². The normalized spacial score (nSPS) is 12.7. The van der Waals surface area contributed by atoms with E-state index in [0.717, 1.165) is 39.0 Å². The summed E-state index contributed by atoms with van der Waals surface area (Å²) in [4.78, 5) is 2.43. The average Bonchev–Trinajstić information content (AvgIpc) is 3.86. The zero-order chi connectivity index (χ0) is 40.3. The number of furan rings is 1. The quantitative estimate of drug-likeness (QED) is 0.149. The smallest absolute Gasteiger partial charge is 0.181 e. The van der Waals surface area contributed by atoms with Crippen molar-refractivity contribution in [3.63, 3.8) is 0 Å². The van der Waals surface area contributed by atoms with Crippen LogP contribution in [0, 0.1) is 0 Å². The molecule has 0 spiro atoms. The van der Waals surface area contributed by atoms with Crippen LogP contribution in [0.1, 0.15) is 0 Å². The molecule has 2 heterocycles. The molecule has 1 aliphatic rings. The van der Waals surface area contributed by atoms with Gasteiger partial charge in [-0.3, -0.25) is 0 Å². The van der Waals surface area contributed by atoms with Crippen LogP contribution >= 0.6 is 0 Å². The molecule has 0 aliphatic carbocycles. The van der Waals surface area contributed by atoms with E-state index in [1.807, 2.05) is 0 Å². The summed E-state index contributed by atoms with van der Waals surface area (Å²) < 4.78 is 6.87. The lowest BCUT2D eigenvalue weighted by Crippen LogP contribution is -2.72. The van der Waals surface area contributed by atoms with E-state index in [2.05, 4.69) is 241 Å². The maximum Gasteiger partial charge on any atom is 0.181 e. The lowest BCUT2D eigenvalue weighted by atomic mass is 9.98. The molecule has 0 saturated carbocycles. The zero-order valence-electron chi connectivity index (χ0n) is 33.4. The molecule has 10 aromatic carbocycles. The second kappa shape index (κ2) is 14.2. The van der Waals surface area contributed by atoms with Gasteiger partial charge in [-0.2, -0.15) is 0 Å². The van der Waals surface area contributed by atoms with Crippen LogP contribution in [-0.4, -0.2) is 8.07 Å². The Balaban J connectivity index is 1.10. The lowest BCUT2D eigenvalue weighted by Gasteiger charge is -2.32. The fraction of sp³-hybridized carbons (Fsp3) is 0. The van der Waals surface area contributed by atoms with E-state index in [-0.39, 0.29) is 0 Å². The average molecular weight is 794 g/mol. The first-order valence-corrected chi connectivity index (χ1v) is 23.0. The number of para-hydroxylation sites is 1. The van der Waals surface area contributed by atoms with Crippen LogP contribution in [0.25, 0.3) is 66.1 Å². The summed E-state index contributed by atoms with van der Waals surface area (Å²) in [6.07, 6.45) is 0. The van der Waals surface area contributed by atoms with Gasteiger partial charge in [-0.25, -0.2) is 0 Å². The number of fused-ring (bicyclic) bond motifs is 8. The minimum atomic E-state index is -2.89. The molecule has 3 heteroatoms. The first kappa shape index (κ1) is 35.2. The molecule has 0 radical (unpaired) electrons. The summed E-state index contributed by atoms with van der Waals surface area (Å²) in [5.41, 5.74) is 12.5. The molecule has 0 N–H and O–H groups in total. The molecule has 1 aliphatic heterocycles. The molecular weight excluding hydrogens is 755 g/mol. The molecule has 0 amide bonds. The fourth-order valence-electron chi connectivity index (χ4n) is 10.0. The SMILES string of the molecule is c1ccc(-c2ccc(N(c3ccc(-c4cccc5ccccc45)cc3)c3ccc4c(c3)[Si](c3ccccc3)(c3ccccc3)c3ccc5c(oc6ccccc65)c3-4)cc2)cc1. The van der Waals surface area contributed by atoms with Gasteiger partial charge in [-0.1, -0.05) is 194 Å². The third kappa shape index (κ3) is 5.55. The second-order valence-electron chi connectivity index (χ2n) is 16.0. The van der Waals surface area contributed by atoms with Gasteiger partial charge < -0.3 is 9.32 Å². The van der Waals surface area contributed by atoms with Gasteiger partial charge in [0.1, 0.15) is 11.2 Å². The van der Waals surface area contributed by atoms with Gasteiger partial charge in [0.05, 0.1) is 0 Å². The first-order valence-electron chi connectivity index (χ1n) is 21.0. The van der Waals surface area contributed by atoms with Crippen LogP contribution in [0.5, 0.6) is 0 Å². The Morgan fingerprint density at radius 1 is 0.344 bits per heavy atom. The second-order valence-corrected chi connectivity index (χ2v) is 19.7. The topological polar surface area (TPSA) is 16.4 Å². The van der Waals surface area contributed by atoms with Crippen LogP contribution < -0.4 is 25.6 Å². The summed E-state index contributed by atoms with van der Waals surface area (Å²) in [6, 6.07) is 86.8. The molecule has 1 aromatic heterocycles. The summed E-state index contributed by atoms with van der Waals surface area (Å²) >= 11 is 0. The largest absolute Gasteiger partial charge is 0.455 e. The van der Waals surface area contributed by atoms with Crippen molar-refractivity contribution in [3.05, 3.63) is 237 Å². The third-order valence-corrected chi connectivity index (χ3v) is 17.6. The predicted octanol–water partition coefficient (Wildman–Crippen LogP) is 12.9. The van der Waals surface area contributed by atoms with Crippen LogP contribution in [0.15, 0.2) is 241 Å². The molecule has 0 unspecified atom stereocenters. The monoisotopic (exact) mass is 793 g/mol. The van der Waals surface area contributed by atoms with Crippen molar-refractivity contribution in [2.45, 2.75) is 0 Å². The van der Waals surface area contributed by atoms with Crippen molar-refractivity contribution < 1.29 is 4.42 Å². The molecule has 11 aromatic rings. The molecule has 12 rings (SSSR count).